The van der Waals surface area contributed by atoms with Gasteiger partial charge in [0, 0.05) is 17.9 Å². The molecule has 5 heteroatoms. The summed E-state index contributed by atoms with van der Waals surface area (Å²) in [5.41, 5.74) is 4.01. The zero-order valence-electron chi connectivity index (χ0n) is 14.9. The van der Waals surface area contributed by atoms with Crippen LogP contribution in [0.2, 0.25) is 0 Å². The van der Waals surface area contributed by atoms with E-state index in [-0.39, 0.29) is 6.61 Å². The summed E-state index contributed by atoms with van der Waals surface area (Å²) in [7, 11) is 0. The highest BCUT2D eigenvalue weighted by Gasteiger charge is 2.10. The summed E-state index contributed by atoms with van der Waals surface area (Å²) in [6.45, 7) is 2.66. The highest BCUT2D eigenvalue weighted by atomic mass is 32.2. The first-order chi connectivity index (χ1) is 12.8. The average Bonchev–Trinajstić information content (AvgIpc) is 3.08. The van der Waals surface area contributed by atoms with Gasteiger partial charge in [-0.3, -0.25) is 0 Å². The number of thioether (sulfide) groups is 1. The van der Waals surface area contributed by atoms with E-state index in [0.717, 1.165) is 45.6 Å². The summed E-state index contributed by atoms with van der Waals surface area (Å²) >= 11 is 1.69. The lowest BCUT2D eigenvalue weighted by atomic mass is 10.1. The molecule has 0 fully saturated rings. The van der Waals surface area contributed by atoms with Gasteiger partial charge in [-0.2, -0.15) is 0 Å². The van der Waals surface area contributed by atoms with Crippen LogP contribution in [0.4, 0.5) is 0 Å². The van der Waals surface area contributed by atoms with Gasteiger partial charge in [0.15, 0.2) is 5.16 Å². The van der Waals surface area contributed by atoms with Crippen LogP contribution in [0.5, 0.6) is 5.75 Å². The van der Waals surface area contributed by atoms with Crippen LogP contribution >= 0.6 is 11.8 Å². The second-order valence-corrected chi connectivity index (χ2v) is 7.15. The molecule has 0 aliphatic rings. The molecule has 0 atom stereocenters. The summed E-state index contributed by atoms with van der Waals surface area (Å²) in [5.74, 6) is 1.87. The highest BCUT2D eigenvalue weighted by Crippen LogP contribution is 2.21. The molecule has 136 valence electrons. The van der Waals surface area contributed by atoms with E-state index in [1.807, 2.05) is 30.3 Å². The lowest BCUT2D eigenvalue weighted by Crippen LogP contribution is -1.97. The summed E-state index contributed by atoms with van der Waals surface area (Å²) in [5, 5.41) is 10.4. The molecule has 0 saturated heterocycles. The van der Waals surface area contributed by atoms with E-state index in [2.05, 4.69) is 41.2 Å². The summed E-state index contributed by atoms with van der Waals surface area (Å²) in [6, 6.07) is 18.2. The van der Waals surface area contributed by atoms with Crippen LogP contribution in [0.15, 0.2) is 59.8 Å². The fourth-order valence-electron chi connectivity index (χ4n) is 2.61. The molecule has 0 aliphatic carbocycles. The molecular weight excluding hydrogens is 344 g/mol. The van der Waals surface area contributed by atoms with Gasteiger partial charge in [-0.15, -0.1) is 0 Å². The maximum absolute atomic E-state index is 9.55. The minimum absolute atomic E-state index is 0.0449. The predicted octanol–water partition coefficient (Wildman–Crippen LogP) is 4.57. The molecule has 1 heterocycles. The molecule has 26 heavy (non-hydrogen) atoms. The van der Waals surface area contributed by atoms with E-state index in [9.17, 15) is 5.11 Å². The number of hydrogen-bond acceptors (Lipinski definition) is 4. The second-order valence-electron chi connectivity index (χ2n) is 6.07. The number of rotatable bonds is 9. The number of nitrogens with one attached hydrogen (secondary N) is 1. The van der Waals surface area contributed by atoms with Crippen LogP contribution in [0.3, 0.4) is 0 Å². The van der Waals surface area contributed by atoms with Crippen LogP contribution in [-0.2, 0) is 19.6 Å². The smallest absolute Gasteiger partial charge is 0.165 e. The van der Waals surface area contributed by atoms with Gasteiger partial charge in [0.1, 0.15) is 12.4 Å². The van der Waals surface area contributed by atoms with Gasteiger partial charge in [0.25, 0.3) is 0 Å². The first-order valence-corrected chi connectivity index (χ1v) is 9.84. The van der Waals surface area contributed by atoms with Crippen molar-refractivity contribution in [1.29, 1.82) is 0 Å². The molecule has 3 rings (SSSR count). The van der Waals surface area contributed by atoms with Crippen LogP contribution in [0.25, 0.3) is 0 Å². The number of aliphatic hydroxyl groups is 1. The summed E-state index contributed by atoms with van der Waals surface area (Å²) < 4.78 is 5.83. The van der Waals surface area contributed by atoms with Gasteiger partial charge in [0.2, 0.25) is 0 Å². The third-order valence-electron chi connectivity index (χ3n) is 3.99. The van der Waals surface area contributed by atoms with Crippen molar-refractivity contribution in [1.82, 2.24) is 9.97 Å². The number of aliphatic hydroxyl groups excluding tert-OH is 1. The third-order valence-corrected chi connectivity index (χ3v) is 5.07. The molecule has 0 amide bonds. The van der Waals surface area contributed by atoms with E-state index < -0.39 is 0 Å². The zero-order chi connectivity index (χ0) is 18.2. The van der Waals surface area contributed by atoms with Gasteiger partial charge >= 0.3 is 0 Å². The molecule has 1 aromatic heterocycles. The lowest BCUT2D eigenvalue weighted by Gasteiger charge is -2.07. The van der Waals surface area contributed by atoms with Crippen molar-refractivity contribution in [3.63, 3.8) is 0 Å². The Bertz CT molecular complexity index is 801. The maximum Gasteiger partial charge on any atom is 0.165 e. The molecule has 0 saturated carbocycles. The van der Waals surface area contributed by atoms with E-state index in [0.29, 0.717) is 13.0 Å². The molecule has 0 unspecified atom stereocenters. The van der Waals surface area contributed by atoms with Crippen molar-refractivity contribution in [2.24, 2.45) is 0 Å². The topological polar surface area (TPSA) is 58.1 Å². The number of H-pyrrole nitrogens is 1. The van der Waals surface area contributed by atoms with E-state index in [1.54, 1.807) is 11.8 Å². The van der Waals surface area contributed by atoms with E-state index in [4.69, 9.17) is 4.74 Å². The summed E-state index contributed by atoms with van der Waals surface area (Å²) in [6.07, 6.45) is 1.81. The highest BCUT2D eigenvalue weighted by molar-refractivity contribution is 7.99. The molecule has 3 aromatic rings. The quantitative estimate of drug-likeness (QED) is 0.543. The Labute approximate surface area is 158 Å². The van der Waals surface area contributed by atoms with E-state index in [1.165, 1.54) is 0 Å². The Kier molecular flexibility index (Phi) is 6.75. The van der Waals surface area contributed by atoms with Crippen molar-refractivity contribution in [2.75, 3.05) is 5.75 Å². The Hall–Kier alpha value is -2.24. The van der Waals surface area contributed by atoms with Gasteiger partial charge < -0.3 is 14.8 Å². The molecule has 2 N–H and O–H groups in total. The SMILES string of the molecule is CCCSc1nc(CO)c(Cc2ccc(OCc3ccccc3)cc2)[nH]1. The number of ether oxygens (including phenoxy) is 1. The number of nitrogens with zero attached hydrogens (tertiary/aromatic N) is 1. The predicted molar refractivity (Wildman–Crippen MR) is 106 cm³/mol. The Balaban J connectivity index is 1.61. The second kappa shape index (κ2) is 9.46. The third kappa shape index (κ3) is 5.13. The Morgan fingerprint density at radius 3 is 2.50 bits per heavy atom. The molecule has 0 aliphatic heterocycles. The van der Waals surface area contributed by atoms with Crippen molar-refractivity contribution in [3.8, 4) is 5.75 Å². The van der Waals surface area contributed by atoms with Crippen LogP contribution in [-0.4, -0.2) is 20.8 Å². The minimum atomic E-state index is -0.0449. The zero-order valence-corrected chi connectivity index (χ0v) is 15.8. The van der Waals surface area contributed by atoms with Gasteiger partial charge in [-0.25, -0.2) is 4.98 Å². The first-order valence-electron chi connectivity index (χ1n) is 8.85. The molecule has 2 aromatic carbocycles. The molecule has 0 radical (unpaired) electrons. The first kappa shape index (κ1) is 18.5. The number of benzene rings is 2. The number of imidazole rings is 1. The maximum atomic E-state index is 9.55. The van der Waals surface area contributed by atoms with Crippen molar-refractivity contribution < 1.29 is 9.84 Å². The largest absolute Gasteiger partial charge is 0.489 e. The Morgan fingerprint density at radius 2 is 1.81 bits per heavy atom. The lowest BCUT2D eigenvalue weighted by molar-refractivity contribution is 0.276. The Morgan fingerprint density at radius 1 is 1.04 bits per heavy atom. The average molecular weight is 369 g/mol. The van der Waals surface area contributed by atoms with Crippen LogP contribution < -0.4 is 4.74 Å². The summed E-state index contributed by atoms with van der Waals surface area (Å²) in [4.78, 5) is 7.81. The van der Waals surface area contributed by atoms with Crippen LogP contribution in [0.1, 0.15) is 35.9 Å². The van der Waals surface area contributed by atoms with Gasteiger partial charge in [0.05, 0.1) is 12.3 Å². The number of aromatic nitrogens is 2. The molecule has 0 bridgehead atoms. The van der Waals surface area contributed by atoms with Crippen molar-refractivity contribution >= 4 is 11.8 Å². The standard InChI is InChI=1S/C21H24N2O2S/c1-2-12-26-21-22-19(20(14-24)23-21)13-16-8-10-18(11-9-16)25-15-17-6-4-3-5-7-17/h3-11,24H,2,12-15H2,1H3,(H,22,23). The molecule has 4 nitrogen and oxygen atoms in total. The monoisotopic (exact) mass is 368 g/mol. The fourth-order valence-corrected chi connectivity index (χ4v) is 3.38. The molecule has 0 spiro atoms. The number of aromatic amines is 1. The van der Waals surface area contributed by atoms with Gasteiger partial charge in [-0.1, -0.05) is 61.2 Å². The van der Waals surface area contributed by atoms with Crippen LogP contribution in [0, 0.1) is 0 Å². The number of hydrogen-bond donors (Lipinski definition) is 2. The van der Waals surface area contributed by atoms with Crippen molar-refractivity contribution in [2.45, 2.75) is 38.1 Å². The normalized spacial score (nSPS) is 10.8. The fraction of sp³-hybridized carbons (Fsp3) is 0.286. The van der Waals surface area contributed by atoms with E-state index >= 15 is 0 Å². The minimum Gasteiger partial charge on any atom is -0.489 e. The van der Waals surface area contributed by atoms with Gasteiger partial charge in [-0.05, 0) is 29.7 Å². The van der Waals surface area contributed by atoms with Crippen molar-refractivity contribution in [3.05, 3.63) is 77.1 Å². The molecular formula is C21H24N2O2S.